The fourth-order valence-electron chi connectivity index (χ4n) is 4.08. The number of likely N-dealkylation sites (N-methyl/N-ethyl adjacent to an activating group) is 1. The van der Waals surface area contributed by atoms with E-state index < -0.39 is 0 Å². The minimum Gasteiger partial charge on any atom is -0.369 e. The molecule has 34 heavy (non-hydrogen) atoms. The number of hydrogen-bond acceptors (Lipinski definition) is 4. The van der Waals surface area contributed by atoms with Gasteiger partial charge < -0.3 is 20.4 Å². The molecule has 4 rings (SSSR count). The van der Waals surface area contributed by atoms with E-state index in [1.54, 1.807) is 24.0 Å². The normalized spacial score (nSPS) is 14.9. The first-order chi connectivity index (χ1) is 16.4. The lowest BCUT2D eigenvalue weighted by Crippen LogP contribution is -2.37. The summed E-state index contributed by atoms with van der Waals surface area (Å²) < 4.78 is 0. The molecule has 0 radical (unpaired) electrons. The van der Waals surface area contributed by atoms with E-state index in [1.165, 1.54) is 0 Å². The van der Waals surface area contributed by atoms with Crippen LogP contribution in [0.4, 0.5) is 21.9 Å². The summed E-state index contributed by atoms with van der Waals surface area (Å²) in [6, 6.07) is 24.7. The van der Waals surface area contributed by atoms with E-state index in [4.69, 9.17) is 5.26 Å². The van der Waals surface area contributed by atoms with Crippen molar-refractivity contribution < 1.29 is 9.59 Å². The van der Waals surface area contributed by atoms with Gasteiger partial charge in [-0.25, -0.2) is 4.79 Å². The Morgan fingerprint density at radius 3 is 1.97 bits per heavy atom. The molecule has 3 aromatic rings. The van der Waals surface area contributed by atoms with Crippen LogP contribution in [-0.2, 0) is 4.79 Å². The molecule has 7 heteroatoms. The fraction of sp³-hybridized carbons (Fsp3) is 0.222. The molecule has 3 aromatic carbocycles. The van der Waals surface area contributed by atoms with Gasteiger partial charge in [0.15, 0.2) is 0 Å². The van der Waals surface area contributed by atoms with E-state index in [0.29, 0.717) is 16.9 Å². The third-order valence-electron chi connectivity index (χ3n) is 6.19. The maximum atomic E-state index is 12.4. The minimum absolute atomic E-state index is 0.0845. The summed E-state index contributed by atoms with van der Waals surface area (Å²) in [4.78, 5) is 28.1. The van der Waals surface area contributed by atoms with Crippen molar-refractivity contribution in [3.05, 3.63) is 78.4 Å². The van der Waals surface area contributed by atoms with Crippen molar-refractivity contribution in [2.45, 2.75) is 19.4 Å². The second-order valence-corrected chi connectivity index (χ2v) is 8.41. The molecule has 0 bridgehead atoms. The average molecular weight is 454 g/mol. The molecule has 7 nitrogen and oxygen atoms in total. The van der Waals surface area contributed by atoms with Crippen molar-refractivity contribution in [1.82, 2.24) is 4.90 Å². The van der Waals surface area contributed by atoms with Gasteiger partial charge in [-0.1, -0.05) is 24.3 Å². The highest BCUT2D eigenvalue weighted by Crippen LogP contribution is 2.25. The lowest BCUT2D eigenvalue weighted by atomic mass is 10.0. The van der Waals surface area contributed by atoms with Gasteiger partial charge in [-0.15, -0.1) is 0 Å². The molecular formula is C27H27N5O2. The molecule has 2 N–H and O–H groups in total. The summed E-state index contributed by atoms with van der Waals surface area (Å²) in [6.45, 7) is 3.30. The minimum atomic E-state index is -0.316. The average Bonchev–Trinajstić information content (AvgIpc) is 3.35. The summed E-state index contributed by atoms with van der Waals surface area (Å²) in [5, 5.41) is 14.6. The van der Waals surface area contributed by atoms with Crippen LogP contribution in [0.15, 0.2) is 72.8 Å². The van der Waals surface area contributed by atoms with Gasteiger partial charge in [0.25, 0.3) is 0 Å². The van der Waals surface area contributed by atoms with Gasteiger partial charge in [-0.2, -0.15) is 5.26 Å². The van der Waals surface area contributed by atoms with Crippen molar-refractivity contribution >= 4 is 29.0 Å². The Morgan fingerprint density at radius 2 is 1.44 bits per heavy atom. The molecular weight excluding hydrogens is 426 g/mol. The molecule has 0 aromatic heterocycles. The molecule has 1 aliphatic heterocycles. The fourth-order valence-corrected chi connectivity index (χ4v) is 4.08. The van der Waals surface area contributed by atoms with Crippen molar-refractivity contribution in [2.24, 2.45) is 0 Å². The van der Waals surface area contributed by atoms with Crippen LogP contribution in [0.2, 0.25) is 0 Å². The number of hydrogen-bond donors (Lipinski definition) is 2. The second kappa shape index (κ2) is 10.1. The van der Waals surface area contributed by atoms with Gasteiger partial charge in [0.1, 0.15) is 0 Å². The highest BCUT2D eigenvalue weighted by Gasteiger charge is 2.27. The zero-order valence-corrected chi connectivity index (χ0v) is 19.3. The molecule has 0 aliphatic carbocycles. The number of anilines is 3. The number of nitrogens with zero attached hydrogens (tertiary/aromatic N) is 3. The predicted molar refractivity (Wildman–Crippen MR) is 135 cm³/mol. The van der Waals surface area contributed by atoms with Crippen LogP contribution in [0.25, 0.3) is 11.1 Å². The van der Waals surface area contributed by atoms with Gasteiger partial charge in [-0.3, -0.25) is 4.79 Å². The van der Waals surface area contributed by atoms with Gasteiger partial charge in [0, 0.05) is 44.1 Å². The molecule has 0 spiro atoms. The number of urea groups is 1. The molecule has 1 heterocycles. The van der Waals surface area contributed by atoms with Crippen molar-refractivity contribution in [1.29, 1.82) is 5.26 Å². The van der Waals surface area contributed by atoms with Crippen LogP contribution in [0.3, 0.4) is 0 Å². The Bertz CT molecular complexity index is 1200. The molecule has 1 aliphatic rings. The largest absolute Gasteiger partial charge is 0.369 e. The number of rotatable bonds is 5. The molecule has 3 amide bonds. The summed E-state index contributed by atoms with van der Waals surface area (Å²) in [5.41, 5.74) is 5.09. The monoisotopic (exact) mass is 453 g/mol. The van der Waals surface area contributed by atoms with E-state index in [9.17, 15) is 9.59 Å². The summed E-state index contributed by atoms with van der Waals surface area (Å²) in [7, 11) is 1.85. The van der Waals surface area contributed by atoms with E-state index in [-0.39, 0.29) is 18.0 Å². The van der Waals surface area contributed by atoms with Crippen molar-refractivity contribution in [3.63, 3.8) is 0 Å². The molecule has 1 saturated heterocycles. The number of nitriles is 1. The van der Waals surface area contributed by atoms with E-state index in [1.807, 2.05) is 67.7 Å². The van der Waals surface area contributed by atoms with Gasteiger partial charge in [0.05, 0.1) is 17.7 Å². The smallest absolute Gasteiger partial charge is 0.323 e. The van der Waals surface area contributed by atoms with Crippen LogP contribution in [-0.4, -0.2) is 43.0 Å². The van der Waals surface area contributed by atoms with E-state index in [2.05, 4.69) is 21.6 Å². The highest BCUT2D eigenvalue weighted by molar-refractivity contribution is 6.00. The highest BCUT2D eigenvalue weighted by atomic mass is 16.2. The Morgan fingerprint density at radius 1 is 0.912 bits per heavy atom. The first-order valence-corrected chi connectivity index (χ1v) is 11.2. The van der Waals surface area contributed by atoms with Crippen LogP contribution in [0.1, 0.15) is 18.9 Å². The van der Waals surface area contributed by atoms with Crippen molar-refractivity contribution in [3.8, 4) is 17.2 Å². The SMILES string of the molecule is CC(=O)N(C)[C@H]1CCN(c2ccc(NC(=O)Nc3ccc(-c4ccc(C#N)cc4)cc3)cc2)C1. The van der Waals surface area contributed by atoms with Crippen LogP contribution in [0, 0.1) is 11.3 Å². The van der Waals surface area contributed by atoms with Crippen molar-refractivity contribution in [2.75, 3.05) is 35.7 Å². The lowest BCUT2D eigenvalue weighted by Gasteiger charge is -2.24. The van der Waals surface area contributed by atoms with E-state index >= 15 is 0 Å². The quantitative estimate of drug-likeness (QED) is 0.574. The maximum absolute atomic E-state index is 12.4. The lowest BCUT2D eigenvalue weighted by molar-refractivity contribution is -0.129. The van der Waals surface area contributed by atoms with E-state index in [0.717, 1.165) is 36.3 Å². The number of carbonyl (C=O) groups is 2. The second-order valence-electron chi connectivity index (χ2n) is 8.41. The van der Waals surface area contributed by atoms with Gasteiger partial charge in [0.2, 0.25) is 5.91 Å². The van der Waals surface area contributed by atoms with Crippen LogP contribution >= 0.6 is 0 Å². The Kier molecular flexibility index (Phi) is 6.79. The Hall–Kier alpha value is -4.31. The first kappa shape index (κ1) is 22.9. The predicted octanol–water partition coefficient (Wildman–Crippen LogP) is 4.93. The topological polar surface area (TPSA) is 88.5 Å². The third kappa shape index (κ3) is 5.36. The summed E-state index contributed by atoms with van der Waals surface area (Å²) >= 11 is 0. The van der Waals surface area contributed by atoms with Gasteiger partial charge in [-0.05, 0) is 66.1 Å². The number of benzene rings is 3. The third-order valence-corrected chi connectivity index (χ3v) is 6.19. The van der Waals surface area contributed by atoms with Crippen LogP contribution in [0.5, 0.6) is 0 Å². The molecule has 0 saturated carbocycles. The number of carbonyl (C=O) groups excluding carboxylic acids is 2. The Balaban J connectivity index is 1.31. The summed E-state index contributed by atoms with van der Waals surface area (Å²) in [6.07, 6.45) is 0.947. The first-order valence-electron chi connectivity index (χ1n) is 11.2. The van der Waals surface area contributed by atoms with Gasteiger partial charge >= 0.3 is 6.03 Å². The zero-order chi connectivity index (χ0) is 24.1. The number of nitrogens with one attached hydrogen (secondary N) is 2. The zero-order valence-electron chi connectivity index (χ0n) is 19.3. The summed E-state index contributed by atoms with van der Waals surface area (Å²) in [5.74, 6) is 0.0845. The molecule has 172 valence electrons. The van der Waals surface area contributed by atoms with Crippen LogP contribution < -0.4 is 15.5 Å². The Labute approximate surface area is 199 Å². The maximum Gasteiger partial charge on any atom is 0.323 e. The molecule has 1 fully saturated rings. The molecule has 0 unspecified atom stereocenters. The molecule has 1 atom stereocenters. The standard InChI is InChI=1S/C27H27N5O2/c1-19(33)31(2)26-15-16-32(18-26)25-13-11-24(12-14-25)30-27(34)29-23-9-7-22(8-10-23)21-5-3-20(17-28)4-6-21/h3-14,26H,15-16,18H2,1-2H3,(H2,29,30,34)/t26-/m0/s1. The number of amides is 3.